The lowest BCUT2D eigenvalue weighted by Gasteiger charge is -2.31. The van der Waals surface area contributed by atoms with E-state index in [2.05, 4.69) is 0 Å². The zero-order valence-corrected chi connectivity index (χ0v) is 15.8. The van der Waals surface area contributed by atoms with Crippen LogP contribution in [0.3, 0.4) is 0 Å². The van der Waals surface area contributed by atoms with Gasteiger partial charge in [0.2, 0.25) is 11.8 Å². The summed E-state index contributed by atoms with van der Waals surface area (Å²) in [4.78, 5) is 29.1. The number of hydrogen-bond donors (Lipinski definition) is 0. The molecule has 2 amide bonds. The smallest absolute Gasteiger partial charge is 0.227 e. The zero-order chi connectivity index (χ0) is 18.6. The minimum absolute atomic E-state index is 0.113. The Morgan fingerprint density at radius 3 is 2.41 bits per heavy atom. The van der Waals surface area contributed by atoms with Gasteiger partial charge >= 0.3 is 0 Å². The number of ether oxygens (including phenoxy) is 2. The summed E-state index contributed by atoms with van der Waals surface area (Å²) in [6.45, 7) is 4.07. The largest absolute Gasteiger partial charge is 0.490 e. The molecular weight excluding hydrogens is 344 g/mol. The van der Waals surface area contributed by atoms with Gasteiger partial charge in [0.05, 0.1) is 19.6 Å². The van der Waals surface area contributed by atoms with Gasteiger partial charge in [-0.25, -0.2) is 0 Å². The van der Waals surface area contributed by atoms with Gasteiger partial charge in [0.1, 0.15) is 0 Å². The molecular formula is C21H28N2O4. The van der Waals surface area contributed by atoms with Gasteiger partial charge in [0.15, 0.2) is 11.5 Å². The summed E-state index contributed by atoms with van der Waals surface area (Å²) in [7, 11) is 0. The predicted octanol–water partition coefficient (Wildman–Crippen LogP) is 2.25. The van der Waals surface area contributed by atoms with Crippen LogP contribution in [0.1, 0.15) is 37.7 Å². The Morgan fingerprint density at radius 1 is 0.889 bits per heavy atom. The fourth-order valence-electron chi connectivity index (χ4n) is 3.90. The maximum absolute atomic E-state index is 12.8. The Balaban J connectivity index is 1.34. The van der Waals surface area contributed by atoms with E-state index in [1.165, 1.54) is 6.42 Å². The highest BCUT2D eigenvalue weighted by Crippen LogP contribution is 2.31. The van der Waals surface area contributed by atoms with Crippen LogP contribution >= 0.6 is 0 Å². The quantitative estimate of drug-likeness (QED) is 0.817. The van der Waals surface area contributed by atoms with Crippen LogP contribution in [-0.4, -0.2) is 61.0 Å². The van der Waals surface area contributed by atoms with E-state index in [0.29, 0.717) is 38.6 Å². The van der Waals surface area contributed by atoms with Gasteiger partial charge in [-0.1, -0.05) is 12.5 Å². The summed E-state index contributed by atoms with van der Waals surface area (Å²) < 4.78 is 11.4. The summed E-state index contributed by atoms with van der Waals surface area (Å²) >= 11 is 0. The molecule has 0 bridgehead atoms. The molecule has 146 valence electrons. The molecule has 0 spiro atoms. The van der Waals surface area contributed by atoms with Gasteiger partial charge in [0.25, 0.3) is 0 Å². The summed E-state index contributed by atoms with van der Waals surface area (Å²) in [5, 5.41) is 0. The third-order valence-electron chi connectivity index (χ3n) is 5.78. The normalized spacial score (nSPS) is 20.4. The first-order valence-electron chi connectivity index (χ1n) is 10.2. The maximum atomic E-state index is 12.8. The summed E-state index contributed by atoms with van der Waals surface area (Å²) in [6.07, 6.45) is 5.31. The van der Waals surface area contributed by atoms with Crippen molar-refractivity contribution in [3.8, 4) is 11.5 Å². The highest BCUT2D eigenvalue weighted by Gasteiger charge is 2.30. The lowest BCUT2D eigenvalue weighted by atomic mass is 9.84. The minimum Gasteiger partial charge on any atom is -0.490 e. The van der Waals surface area contributed by atoms with Crippen molar-refractivity contribution in [3.63, 3.8) is 0 Å². The molecule has 0 atom stereocenters. The van der Waals surface area contributed by atoms with E-state index in [1.54, 1.807) is 0 Å². The Hall–Kier alpha value is -2.24. The number of hydrogen-bond acceptors (Lipinski definition) is 4. The van der Waals surface area contributed by atoms with Crippen LogP contribution in [0.25, 0.3) is 0 Å². The molecule has 0 aromatic heterocycles. The van der Waals surface area contributed by atoms with Gasteiger partial charge in [-0.3, -0.25) is 9.59 Å². The fraction of sp³-hybridized carbons (Fsp3) is 0.619. The first-order valence-corrected chi connectivity index (χ1v) is 10.2. The van der Waals surface area contributed by atoms with Crippen molar-refractivity contribution < 1.29 is 19.1 Å². The highest BCUT2D eigenvalue weighted by atomic mass is 16.5. The average Bonchev–Trinajstić information content (AvgIpc) is 3.00. The molecule has 1 aliphatic carbocycles. The Labute approximate surface area is 160 Å². The minimum atomic E-state index is 0.113. The number of rotatable bonds is 3. The van der Waals surface area contributed by atoms with E-state index < -0.39 is 0 Å². The first-order chi connectivity index (χ1) is 13.2. The van der Waals surface area contributed by atoms with Crippen LogP contribution < -0.4 is 9.47 Å². The molecule has 0 radical (unpaired) electrons. The van der Waals surface area contributed by atoms with Crippen molar-refractivity contribution in [1.29, 1.82) is 0 Å². The van der Waals surface area contributed by atoms with Crippen molar-refractivity contribution >= 4 is 11.8 Å². The summed E-state index contributed by atoms with van der Waals surface area (Å²) in [5.41, 5.74) is 0.941. The Kier molecular flexibility index (Phi) is 5.50. The maximum Gasteiger partial charge on any atom is 0.227 e. The standard InChI is InChI=1S/C21H28N2O4/c24-20(15-16-6-7-18-19(14-16)27-13-3-12-26-18)22-8-2-9-23(11-10-22)21(25)17-4-1-5-17/h6-7,14,17H,1-5,8-13,15H2. The molecule has 27 heavy (non-hydrogen) atoms. The number of carbonyl (C=O) groups is 2. The molecule has 6 heteroatoms. The van der Waals surface area contributed by atoms with Crippen molar-refractivity contribution in [2.75, 3.05) is 39.4 Å². The van der Waals surface area contributed by atoms with Crippen LogP contribution in [0.5, 0.6) is 11.5 Å². The van der Waals surface area contributed by atoms with Crippen molar-refractivity contribution in [1.82, 2.24) is 9.80 Å². The van der Waals surface area contributed by atoms with E-state index in [9.17, 15) is 9.59 Å². The van der Waals surface area contributed by atoms with Gasteiger partial charge < -0.3 is 19.3 Å². The first kappa shape index (κ1) is 18.1. The van der Waals surface area contributed by atoms with Crippen LogP contribution in [0.2, 0.25) is 0 Å². The molecule has 2 aliphatic heterocycles. The van der Waals surface area contributed by atoms with Crippen LogP contribution in [0.4, 0.5) is 0 Å². The lowest BCUT2D eigenvalue weighted by Crippen LogP contribution is -2.41. The van der Waals surface area contributed by atoms with E-state index in [1.807, 2.05) is 28.0 Å². The lowest BCUT2D eigenvalue weighted by molar-refractivity contribution is -0.138. The Morgan fingerprint density at radius 2 is 1.63 bits per heavy atom. The van der Waals surface area contributed by atoms with Crippen molar-refractivity contribution in [3.05, 3.63) is 23.8 Å². The predicted molar refractivity (Wildman–Crippen MR) is 101 cm³/mol. The van der Waals surface area contributed by atoms with E-state index >= 15 is 0 Å². The van der Waals surface area contributed by atoms with Crippen molar-refractivity contribution in [2.45, 2.75) is 38.5 Å². The number of benzene rings is 1. The number of fused-ring (bicyclic) bond motifs is 1. The summed E-state index contributed by atoms with van der Waals surface area (Å²) in [6, 6.07) is 5.75. The second-order valence-electron chi connectivity index (χ2n) is 7.70. The third-order valence-corrected chi connectivity index (χ3v) is 5.78. The van der Waals surface area contributed by atoms with Gasteiger partial charge in [-0.05, 0) is 37.0 Å². The number of nitrogens with zero attached hydrogens (tertiary/aromatic N) is 2. The second-order valence-corrected chi connectivity index (χ2v) is 7.70. The highest BCUT2D eigenvalue weighted by molar-refractivity contribution is 5.81. The third kappa shape index (κ3) is 4.20. The molecule has 4 rings (SSSR count). The average molecular weight is 372 g/mol. The van der Waals surface area contributed by atoms with Gasteiger partial charge in [-0.15, -0.1) is 0 Å². The van der Waals surface area contributed by atoms with Crippen LogP contribution in [-0.2, 0) is 16.0 Å². The molecule has 3 aliphatic rings. The van der Waals surface area contributed by atoms with E-state index in [-0.39, 0.29) is 11.8 Å². The molecule has 2 heterocycles. The zero-order valence-electron chi connectivity index (χ0n) is 15.8. The molecule has 1 aromatic carbocycles. The molecule has 1 aromatic rings. The summed E-state index contributed by atoms with van der Waals surface area (Å²) in [5.74, 6) is 2.12. The second kappa shape index (κ2) is 8.19. The monoisotopic (exact) mass is 372 g/mol. The number of amides is 2. The number of carbonyl (C=O) groups excluding carboxylic acids is 2. The molecule has 6 nitrogen and oxygen atoms in total. The molecule has 2 fully saturated rings. The molecule has 1 saturated carbocycles. The Bertz CT molecular complexity index is 701. The van der Waals surface area contributed by atoms with Gasteiger partial charge in [0, 0.05) is 38.5 Å². The molecule has 1 saturated heterocycles. The van der Waals surface area contributed by atoms with E-state index in [0.717, 1.165) is 55.8 Å². The van der Waals surface area contributed by atoms with E-state index in [4.69, 9.17) is 9.47 Å². The molecule has 0 unspecified atom stereocenters. The topological polar surface area (TPSA) is 59.1 Å². The molecule has 0 N–H and O–H groups in total. The fourth-order valence-corrected chi connectivity index (χ4v) is 3.90. The SMILES string of the molecule is O=C(Cc1ccc2c(c1)OCCCO2)N1CCCN(C(=O)C2CCC2)CC1. The van der Waals surface area contributed by atoms with Crippen LogP contribution in [0, 0.1) is 5.92 Å². The van der Waals surface area contributed by atoms with Crippen LogP contribution in [0.15, 0.2) is 18.2 Å². The van der Waals surface area contributed by atoms with Gasteiger partial charge in [-0.2, -0.15) is 0 Å². The van der Waals surface area contributed by atoms with Crippen molar-refractivity contribution in [2.24, 2.45) is 5.92 Å².